The Hall–Kier alpha value is 1.26. The summed E-state index contributed by atoms with van der Waals surface area (Å²) in [6, 6.07) is 1.26. The molecule has 0 amide bonds. The number of halogens is 1. The summed E-state index contributed by atoms with van der Waals surface area (Å²) in [6.07, 6.45) is 1.14. The van der Waals surface area contributed by atoms with Crippen molar-refractivity contribution in [2.45, 2.75) is 58.0 Å². The van der Waals surface area contributed by atoms with Gasteiger partial charge in [0.15, 0.2) is 32.7 Å². The molecule has 110 valence electrons. The van der Waals surface area contributed by atoms with Crippen LogP contribution >= 0.6 is 22.6 Å². The highest BCUT2D eigenvalue weighted by Crippen LogP contribution is 2.14. The number of rotatable bonds is 10. The summed E-state index contributed by atoms with van der Waals surface area (Å²) in [6.45, 7) is 13.8. The van der Waals surface area contributed by atoms with Gasteiger partial charge in [-0.2, -0.15) is 0 Å². The summed E-state index contributed by atoms with van der Waals surface area (Å²) in [5.74, 6) is 0. The Morgan fingerprint density at radius 2 is 1.50 bits per heavy atom. The molecule has 0 heterocycles. The second kappa shape index (κ2) is 9.24. The fourth-order valence-electron chi connectivity index (χ4n) is 1.36. The molecule has 0 aromatic heterocycles. The van der Waals surface area contributed by atoms with Crippen molar-refractivity contribution in [3.05, 3.63) is 0 Å². The maximum Gasteiger partial charge on any atom is 0.187 e. The highest BCUT2D eigenvalue weighted by molar-refractivity contribution is 14.1. The SMILES string of the molecule is C[Si](C)(C)OC(CO[SiH2]CCCI)O[Si](C)(C)C. The van der Waals surface area contributed by atoms with Crippen LogP contribution in [-0.4, -0.2) is 43.7 Å². The molecular formula is C11H29IO3Si3. The number of hydrogen-bond acceptors (Lipinski definition) is 3. The maximum absolute atomic E-state index is 6.07. The molecule has 0 aliphatic rings. The lowest BCUT2D eigenvalue weighted by Gasteiger charge is -2.31. The minimum absolute atomic E-state index is 0.143. The summed E-state index contributed by atoms with van der Waals surface area (Å²) in [5.41, 5.74) is 0. The van der Waals surface area contributed by atoms with Gasteiger partial charge in [0, 0.05) is 0 Å². The van der Waals surface area contributed by atoms with Gasteiger partial charge < -0.3 is 13.3 Å². The molecule has 0 saturated heterocycles. The van der Waals surface area contributed by atoms with Crippen LogP contribution in [0.25, 0.3) is 0 Å². The maximum atomic E-state index is 6.07. The Morgan fingerprint density at radius 1 is 1.00 bits per heavy atom. The highest BCUT2D eigenvalue weighted by atomic mass is 127. The molecule has 0 aliphatic heterocycles. The zero-order chi connectivity index (χ0) is 14.2. The Balaban J connectivity index is 4.06. The van der Waals surface area contributed by atoms with Crippen LogP contribution in [0.3, 0.4) is 0 Å². The van der Waals surface area contributed by atoms with Gasteiger partial charge in [-0.3, -0.25) is 0 Å². The first-order chi connectivity index (χ1) is 8.14. The van der Waals surface area contributed by atoms with E-state index in [1.807, 2.05) is 0 Å². The predicted octanol–water partition coefficient (Wildman–Crippen LogP) is 3.36. The van der Waals surface area contributed by atoms with E-state index in [4.69, 9.17) is 13.3 Å². The van der Waals surface area contributed by atoms with Crippen LogP contribution in [0.15, 0.2) is 0 Å². The Morgan fingerprint density at radius 3 is 1.89 bits per heavy atom. The van der Waals surface area contributed by atoms with E-state index >= 15 is 0 Å². The molecule has 0 atom stereocenters. The van der Waals surface area contributed by atoms with Gasteiger partial charge in [0.1, 0.15) is 0 Å². The lowest BCUT2D eigenvalue weighted by Crippen LogP contribution is -2.42. The van der Waals surface area contributed by atoms with Crippen molar-refractivity contribution >= 4 is 49.0 Å². The van der Waals surface area contributed by atoms with Crippen molar-refractivity contribution in [1.29, 1.82) is 0 Å². The van der Waals surface area contributed by atoms with Gasteiger partial charge in [-0.1, -0.05) is 22.6 Å². The first-order valence-electron chi connectivity index (χ1n) is 6.63. The van der Waals surface area contributed by atoms with Gasteiger partial charge in [-0.05, 0) is 56.2 Å². The molecule has 3 nitrogen and oxygen atoms in total. The van der Waals surface area contributed by atoms with Crippen molar-refractivity contribution in [2.75, 3.05) is 11.0 Å². The third-order valence-corrected chi connectivity index (χ3v) is 5.91. The van der Waals surface area contributed by atoms with Gasteiger partial charge in [-0.25, -0.2) is 0 Å². The van der Waals surface area contributed by atoms with E-state index in [2.05, 4.69) is 61.9 Å². The minimum Gasteiger partial charge on any atom is -0.419 e. The van der Waals surface area contributed by atoms with Crippen LogP contribution in [0.5, 0.6) is 0 Å². The van der Waals surface area contributed by atoms with Crippen LogP contribution in [-0.2, 0) is 13.3 Å². The van der Waals surface area contributed by atoms with E-state index in [-0.39, 0.29) is 16.1 Å². The normalized spacial score (nSPS) is 14.0. The van der Waals surface area contributed by atoms with Crippen molar-refractivity contribution in [1.82, 2.24) is 0 Å². The quantitative estimate of drug-likeness (QED) is 0.178. The minimum atomic E-state index is -1.56. The summed E-state index contributed by atoms with van der Waals surface area (Å²) < 4.78 is 19.2. The fourth-order valence-corrected chi connectivity index (χ4v) is 5.84. The number of alkyl halides is 1. The van der Waals surface area contributed by atoms with Crippen LogP contribution < -0.4 is 0 Å². The zero-order valence-corrected chi connectivity index (χ0v) is 18.3. The van der Waals surface area contributed by atoms with Crippen molar-refractivity contribution < 1.29 is 13.3 Å². The van der Waals surface area contributed by atoms with Crippen LogP contribution in [0.2, 0.25) is 45.3 Å². The molecule has 0 fully saturated rings. The molecular weight excluding hydrogens is 391 g/mol. The van der Waals surface area contributed by atoms with Crippen molar-refractivity contribution in [3.63, 3.8) is 0 Å². The summed E-state index contributed by atoms with van der Waals surface area (Å²) in [5, 5.41) is 0. The topological polar surface area (TPSA) is 27.7 Å². The molecule has 18 heavy (non-hydrogen) atoms. The summed E-state index contributed by atoms with van der Waals surface area (Å²) >= 11 is 2.42. The average molecular weight is 421 g/mol. The molecule has 0 aromatic rings. The first kappa shape index (κ1) is 19.3. The van der Waals surface area contributed by atoms with Crippen molar-refractivity contribution in [3.8, 4) is 0 Å². The summed E-state index contributed by atoms with van der Waals surface area (Å²) in [4.78, 5) is 0. The molecule has 0 spiro atoms. The zero-order valence-electron chi connectivity index (χ0n) is 12.7. The first-order valence-corrected chi connectivity index (χ1v) is 16.6. The van der Waals surface area contributed by atoms with Gasteiger partial charge >= 0.3 is 0 Å². The van der Waals surface area contributed by atoms with Gasteiger partial charge in [-0.15, -0.1) is 0 Å². The highest BCUT2D eigenvalue weighted by Gasteiger charge is 2.26. The van der Waals surface area contributed by atoms with Crippen LogP contribution in [0.4, 0.5) is 0 Å². The van der Waals surface area contributed by atoms with Gasteiger partial charge in [0.25, 0.3) is 0 Å². The third-order valence-electron chi connectivity index (χ3n) is 1.90. The Bertz CT molecular complexity index is 201. The molecule has 0 bridgehead atoms. The monoisotopic (exact) mass is 420 g/mol. The average Bonchev–Trinajstić information content (AvgIpc) is 2.12. The molecule has 0 saturated carbocycles. The lowest BCUT2D eigenvalue weighted by molar-refractivity contribution is -0.0390. The largest absolute Gasteiger partial charge is 0.419 e. The molecule has 7 heteroatoms. The van der Waals surface area contributed by atoms with Crippen LogP contribution in [0, 0.1) is 0 Å². The van der Waals surface area contributed by atoms with E-state index in [1.165, 1.54) is 16.9 Å². The van der Waals surface area contributed by atoms with Crippen LogP contribution in [0.1, 0.15) is 6.42 Å². The summed E-state index contributed by atoms with van der Waals surface area (Å²) in [7, 11) is -3.51. The van der Waals surface area contributed by atoms with E-state index in [0.29, 0.717) is 6.61 Å². The molecule has 0 rings (SSSR count). The molecule has 0 N–H and O–H groups in total. The number of hydrogen-bond donors (Lipinski definition) is 0. The second-order valence-corrected chi connectivity index (χ2v) is 17.9. The molecule has 0 aliphatic carbocycles. The standard InChI is InChI=1S/C11H29IO3Si3/c1-17(2,3)14-11(15-18(4,5)6)10-13-16-9-7-8-12/h11H,7-10,16H2,1-6H3. The van der Waals surface area contributed by atoms with Crippen molar-refractivity contribution in [2.24, 2.45) is 0 Å². The van der Waals surface area contributed by atoms with E-state index in [9.17, 15) is 0 Å². The molecule has 0 aromatic carbocycles. The van der Waals surface area contributed by atoms with E-state index < -0.39 is 16.6 Å². The second-order valence-electron chi connectivity index (χ2n) is 6.36. The Labute approximate surface area is 131 Å². The predicted molar refractivity (Wildman–Crippen MR) is 95.5 cm³/mol. The van der Waals surface area contributed by atoms with Gasteiger partial charge in [0.2, 0.25) is 0 Å². The van der Waals surface area contributed by atoms with E-state index in [1.54, 1.807) is 0 Å². The smallest absolute Gasteiger partial charge is 0.187 e. The van der Waals surface area contributed by atoms with Gasteiger partial charge in [0.05, 0.1) is 6.61 Å². The fraction of sp³-hybridized carbons (Fsp3) is 1.00. The molecule has 0 radical (unpaired) electrons. The molecule has 0 unspecified atom stereocenters. The Kier molecular flexibility index (Phi) is 9.89. The van der Waals surface area contributed by atoms with E-state index in [0.717, 1.165) is 0 Å². The lowest BCUT2D eigenvalue weighted by atomic mass is 10.6. The third kappa shape index (κ3) is 13.7.